The molecule has 0 radical (unpaired) electrons. The van der Waals surface area contributed by atoms with Gasteiger partial charge in [0.2, 0.25) is 0 Å². The van der Waals surface area contributed by atoms with Crippen molar-refractivity contribution in [1.29, 1.82) is 0 Å². The quantitative estimate of drug-likeness (QED) is 0.497. The highest BCUT2D eigenvalue weighted by Gasteiger charge is 2.20. The van der Waals surface area contributed by atoms with E-state index < -0.39 is 0 Å². The van der Waals surface area contributed by atoms with E-state index in [1.165, 1.54) is 18.5 Å². The Labute approximate surface area is 159 Å². The van der Waals surface area contributed by atoms with Gasteiger partial charge in [-0.2, -0.15) is 0 Å². The van der Waals surface area contributed by atoms with Crippen LogP contribution in [0.5, 0.6) is 0 Å². The van der Waals surface area contributed by atoms with E-state index in [9.17, 15) is 4.39 Å². The first-order chi connectivity index (χ1) is 13.7. The number of imidazole rings is 2. The van der Waals surface area contributed by atoms with Crippen LogP contribution in [-0.2, 0) is 0 Å². The molecule has 138 valence electrons. The molecule has 5 rings (SSSR count). The highest BCUT2D eigenvalue weighted by Crippen LogP contribution is 2.28. The number of benzene rings is 2. The molecule has 8 heteroatoms. The number of aromatic nitrogens is 6. The molecule has 0 aliphatic carbocycles. The van der Waals surface area contributed by atoms with Gasteiger partial charge in [-0.15, -0.1) is 0 Å². The Morgan fingerprint density at radius 2 is 1.93 bits per heavy atom. The Bertz CT molecular complexity index is 1280. The Morgan fingerprint density at radius 3 is 2.79 bits per heavy atom. The summed E-state index contributed by atoms with van der Waals surface area (Å²) in [4.78, 5) is 20.5. The summed E-state index contributed by atoms with van der Waals surface area (Å²) in [5.41, 5.74) is 3.65. The Balaban J connectivity index is 1.64. The van der Waals surface area contributed by atoms with Gasteiger partial charge in [0, 0.05) is 11.8 Å². The number of nitrogens with one attached hydrogen (secondary N) is 2. The SMILES string of the molecule is CC(Nc1ncnc2[nH]cnc12)c1nc2ccc(F)cc2n1-c1ccccc1. The van der Waals surface area contributed by atoms with Gasteiger partial charge in [0.25, 0.3) is 0 Å². The molecular formula is C20H16FN7. The molecule has 0 aliphatic heterocycles. The van der Waals surface area contributed by atoms with Gasteiger partial charge >= 0.3 is 0 Å². The van der Waals surface area contributed by atoms with Crippen molar-refractivity contribution in [3.63, 3.8) is 0 Å². The summed E-state index contributed by atoms with van der Waals surface area (Å²) in [5, 5.41) is 3.36. The average Bonchev–Trinajstić information content (AvgIpc) is 3.33. The topological polar surface area (TPSA) is 84.3 Å². The van der Waals surface area contributed by atoms with Crippen LogP contribution in [0.2, 0.25) is 0 Å². The molecule has 2 N–H and O–H groups in total. The second-order valence-electron chi connectivity index (χ2n) is 6.46. The molecule has 1 atom stereocenters. The van der Waals surface area contributed by atoms with Crippen LogP contribution in [-0.4, -0.2) is 29.5 Å². The molecule has 0 bridgehead atoms. The van der Waals surface area contributed by atoms with Gasteiger partial charge in [-0.3, -0.25) is 4.57 Å². The number of anilines is 1. The molecule has 0 fully saturated rings. The van der Waals surface area contributed by atoms with Crippen molar-refractivity contribution in [2.24, 2.45) is 0 Å². The number of H-pyrrole nitrogens is 1. The number of hydrogen-bond acceptors (Lipinski definition) is 5. The smallest absolute Gasteiger partial charge is 0.162 e. The summed E-state index contributed by atoms with van der Waals surface area (Å²) < 4.78 is 15.9. The second kappa shape index (κ2) is 6.41. The molecule has 5 aromatic rings. The normalized spacial score (nSPS) is 12.5. The van der Waals surface area contributed by atoms with E-state index in [-0.39, 0.29) is 11.9 Å². The highest BCUT2D eigenvalue weighted by atomic mass is 19.1. The molecule has 1 unspecified atom stereocenters. The van der Waals surface area contributed by atoms with Gasteiger partial charge in [-0.05, 0) is 31.2 Å². The van der Waals surface area contributed by atoms with E-state index in [0.717, 1.165) is 17.0 Å². The van der Waals surface area contributed by atoms with Crippen LogP contribution in [0, 0.1) is 5.82 Å². The van der Waals surface area contributed by atoms with Crippen molar-refractivity contribution in [2.75, 3.05) is 5.32 Å². The van der Waals surface area contributed by atoms with E-state index in [2.05, 4.69) is 25.3 Å². The monoisotopic (exact) mass is 373 g/mol. The third kappa shape index (κ3) is 2.66. The van der Waals surface area contributed by atoms with Crippen LogP contribution in [0.15, 0.2) is 61.2 Å². The summed E-state index contributed by atoms with van der Waals surface area (Å²) in [5.74, 6) is 1.05. The average molecular weight is 373 g/mol. The molecular weight excluding hydrogens is 357 g/mol. The lowest BCUT2D eigenvalue weighted by molar-refractivity contribution is 0.629. The van der Waals surface area contributed by atoms with Gasteiger partial charge in [0.05, 0.1) is 23.4 Å². The van der Waals surface area contributed by atoms with E-state index in [4.69, 9.17) is 4.98 Å². The first-order valence-corrected chi connectivity index (χ1v) is 8.84. The number of aromatic amines is 1. The Kier molecular flexibility index (Phi) is 3.75. The zero-order chi connectivity index (χ0) is 19.1. The van der Waals surface area contributed by atoms with Crippen molar-refractivity contribution >= 4 is 28.0 Å². The zero-order valence-corrected chi connectivity index (χ0v) is 15.0. The summed E-state index contributed by atoms with van der Waals surface area (Å²) in [6.45, 7) is 1.98. The maximum absolute atomic E-state index is 13.9. The van der Waals surface area contributed by atoms with Crippen molar-refractivity contribution in [3.05, 3.63) is 72.8 Å². The lowest BCUT2D eigenvalue weighted by Crippen LogP contribution is -2.14. The molecule has 28 heavy (non-hydrogen) atoms. The van der Waals surface area contributed by atoms with E-state index in [0.29, 0.717) is 22.5 Å². The fourth-order valence-corrected chi connectivity index (χ4v) is 3.35. The number of nitrogens with zero attached hydrogens (tertiary/aromatic N) is 5. The zero-order valence-electron chi connectivity index (χ0n) is 15.0. The van der Waals surface area contributed by atoms with Crippen LogP contribution in [0.3, 0.4) is 0 Å². The van der Waals surface area contributed by atoms with Crippen molar-refractivity contribution in [3.8, 4) is 5.69 Å². The van der Waals surface area contributed by atoms with Crippen LogP contribution in [0.25, 0.3) is 27.9 Å². The number of halogens is 1. The maximum Gasteiger partial charge on any atom is 0.162 e. The number of rotatable bonds is 4. The lowest BCUT2D eigenvalue weighted by Gasteiger charge is -2.17. The first-order valence-electron chi connectivity index (χ1n) is 8.84. The molecule has 3 aromatic heterocycles. The summed E-state index contributed by atoms with van der Waals surface area (Å²) in [7, 11) is 0. The van der Waals surface area contributed by atoms with Gasteiger partial charge in [-0.25, -0.2) is 24.3 Å². The van der Waals surface area contributed by atoms with Gasteiger partial charge < -0.3 is 10.3 Å². The van der Waals surface area contributed by atoms with Crippen molar-refractivity contribution in [2.45, 2.75) is 13.0 Å². The van der Waals surface area contributed by atoms with Gasteiger partial charge in [0.1, 0.15) is 23.5 Å². The number of para-hydroxylation sites is 1. The molecule has 0 saturated heterocycles. The fraction of sp³-hybridized carbons (Fsp3) is 0.100. The predicted molar refractivity (Wildman–Crippen MR) is 105 cm³/mol. The fourth-order valence-electron chi connectivity index (χ4n) is 3.35. The predicted octanol–water partition coefficient (Wildman–Crippen LogP) is 4.00. The van der Waals surface area contributed by atoms with Crippen molar-refractivity contribution < 1.29 is 4.39 Å². The Hall–Kier alpha value is -3.81. The second-order valence-corrected chi connectivity index (χ2v) is 6.46. The van der Waals surface area contributed by atoms with Gasteiger partial charge in [-0.1, -0.05) is 18.2 Å². The molecule has 0 saturated carbocycles. The minimum absolute atomic E-state index is 0.217. The number of hydrogen-bond donors (Lipinski definition) is 2. The minimum Gasteiger partial charge on any atom is -0.358 e. The van der Waals surface area contributed by atoms with Gasteiger partial charge in [0.15, 0.2) is 11.5 Å². The summed E-state index contributed by atoms with van der Waals surface area (Å²) in [6, 6.07) is 14.2. The minimum atomic E-state index is -0.300. The summed E-state index contributed by atoms with van der Waals surface area (Å²) >= 11 is 0. The Morgan fingerprint density at radius 1 is 1.07 bits per heavy atom. The van der Waals surface area contributed by atoms with E-state index in [1.54, 1.807) is 12.4 Å². The van der Waals surface area contributed by atoms with E-state index in [1.807, 2.05) is 41.8 Å². The van der Waals surface area contributed by atoms with Crippen LogP contribution in [0.1, 0.15) is 18.8 Å². The van der Waals surface area contributed by atoms with Crippen LogP contribution < -0.4 is 5.32 Å². The third-order valence-electron chi connectivity index (χ3n) is 4.61. The molecule has 7 nitrogen and oxygen atoms in total. The van der Waals surface area contributed by atoms with E-state index >= 15 is 0 Å². The van der Waals surface area contributed by atoms with Crippen molar-refractivity contribution in [1.82, 2.24) is 29.5 Å². The standard InChI is InChI=1S/C20H16FN7/c1-12(26-19-17-18(23-10-22-17)24-11-25-19)20-27-15-8-7-13(21)9-16(15)28(20)14-5-3-2-4-6-14/h2-12H,1H3,(H2,22,23,24,25,26). The summed E-state index contributed by atoms with van der Waals surface area (Å²) in [6.07, 6.45) is 3.06. The lowest BCUT2D eigenvalue weighted by atomic mass is 10.2. The largest absolute Gasteiger partial charge is 0.358 e. The van der Waals surface area contributed by atoms with Crippen LogP contribution in [0.4, 0.5) is 10.2 Å². The molecule has 0 spiro atoms. The molecule has 0 amide bonds. The maximum atomic E-state index is 13.9. The first kappa shape index (κ1) is 16.4. The third-order valence-corrected chi connectivity index (χ3v) is 4.61. The molecule has 0 aliphatic rings. The molecule has 3 heterocycles. The van der Waals surface area contributed by atoms with Crippen LogP contribution >= 0.6 is 0 Å². The molecule has 2 aromatic carbocycles. The number of fused-ring (bicyclic) bond motifs is 2. The highest BCUT2D eigenvalue weighted by molar-refractivity contribution is 5.82.